The zero-order valence-electron chi connectivity index (χ0n) is 14.7. The first-order valence-corrected chi connectivity index (χ1v) is 8.21. The van der Waals surface area contributed by atoms with Gasteiger partial charge in [-0.2, -0.15) is 5.16 Å². The number of carbonyl (C=O) groups is 1. The molecule has 11 heteroatoms. The lowest BCUT2D eigenvalue weighted by atomic mass is 9.87. The minimum absolute atomic E-state index is 0.0827. The van der Waals surface area contributed by atoms with Crippen LogP contribution in [0.25, 0.3) is 0 Å². The number of rotatable bonds is 3. The fourth-order valence-electron chi connectivity index (χ4n) is 2.90. The lowest BCUT2D eigenvalue weighted by Gasteiger charge is -2.29. The van der Waals surface area contributed by atoms with Crippen LogP contribution in [0.2, 0.25) is 0 Å². The van der Waals surface area contributed by atoms with Gasteiger partial charge in [0.25, 0.3) is 11.5 Å². The average molecular weight is 406 g/mol. The quantitative estimate of drug-likeness (QED) is 0.676. The molecule has 154 valence electrons. The molecule has 1 fully saturated rings. The Kier molecular flexibility index (Phi) is 6.84. The fourth-order valence-corrected chi connectivity index (χ4v) is 2.90. The first kappa shape index (κ1) is 21.5. The molecule has 0 bridgehead atoms. The van der Waals surface area contributed by atoms with E-state index < -0.39 is 29.9 Å². The van der Waals surface area contributed by atoms with E-state index in [1.54, 1.807) is 0 Å². The molecule has 1 aromatic heterocycles. The molecule has 0 radical (unpaired) electrons. The first-order chi connectivity index (χ1) is 13.0. The van der Waals surface area contributed by atoms with Gasteiger partial charge in [-0.3, -0.25) is 9.59 Å². The van der Waals surface area contributed by atoms with Crippen molar-refractivity contribution in [2.75, 3.05) is 6.54 Å². The zero-order valence-corrected chi connectivity index (χ0v) is 14.7. The third-order valence-corrected chi connectivity index (χ3v) is 3.93. The number of aliphatic carboxylic acids is 1. The van der Waals surface area contributed by atoms with E-state index in [1.807, 2.05) is 0 Å². The Morgan fingerprint density at radius 3 is 2.54 bits per heavy atom. The van der Waals surface area contributed by atoms with E-state index in [-0.39, 0.29) is 17.0 Å². The molecule has 0 saturated carbocycles. The molecule has 0 amide bonds. The zero-order chi connectivity index (χ0) is 20.9. The third-order valence-electron chi connectivity index (χ3n) is 3.93. The predicted molar refractivity (Wildman–Crippen MR) is 88.4 cm³/mol. The summed E-state index contributed by atoms with van der Waals surface area (Å²) >= 11 is 0. The van der Waals surface area contributed by atoms with Crippen molar-refractivity contribution in [1.29, 1.82) is 0 Å². The summed E-state index contributed by atoms with van der Waals surface area (Å²) < 4.78 is 59.5. The Morgan fingerprint density at radius 2 is 2.00 bits per heavy atom. The number of nitrogens with one attached hydrogen (secondary N) is 2. The van der Waals surface area contributed by atoms with Gasteiger partial charge in [0.15, 0.2) is 0 Å². The number of aromatic amines is 1. The molecule has 2 aromatic rings. The molecule has 1 aliphatic rings. The Morgan fingerprint density at radius 1 is 1.32 bits per heavy atom. The second-order valence-electron chi connectivity index (χ2n) is 6.09. The molecule has 28 heavy (non-hydrogen) atoms. The average Bonchev–Trinajstić information content (AvgIpc) is 3.00. The van der Waals surface area contributed by atoms with E-state index in [4.69, 9.17) is 14.4 Å². The van der Waals surface area contributed by atoms with Crippen LogP contribution in [-0.4, -0.2) is 29.1 Å². The summed E-state index contributed by atoms with van der Waals surface area (Å²) in [6.45, 7) is 1.64. The van der Waals surface area contributed by atoms with Crippen LogP contribution in [0.1, 0.15) is 43.0 Å². The maximum atomic E-state index is 14.2. The maximum absolute atomic E-state index is 14.2. The topological polar surface area (TPSA) is 105 Å². The molecule has 0 unspecified atom stereocenters. The highest BCUT2D eigenvalue weighted by molar-refractivity contribution is 5.62. The van der Waals surface area contributed by atoms with Crippen molar-refractivity contribution in [3.05, 3.63) is 51.8 Å². The van der Waals surface area contributed by atoms with Gasteiger partial charge in [0.2, 0.25) is 0 Å². The largest absolute Gasteiger partial charge is 0.573 e. The number of alkyl halides is 3. The van der Waals surface area contributed by atoms with Crippen LogP contribution in [0.4, 0.5) is 17.6 Å². The molecule has 0 spiro atoms. The molecule has 7 nitrogen and oxygen atoms in total. The highest BCUT2D eigenvalue weighted by atomic mass is 19.4. The summed E-state index contributed by atoms with van der Waals surface area (Å²) in [6.07, 6.45) is -3.71. The minimum atomic E-state index is -4.87. The lowest BCUT2D eigenvalue weighted by molar-refractivity contribution is -0.274. The Bertz CT molecular complexity index is 858. The van der Waals surface area contributed by atoms with Gasteiger partial charge in [-0.25, -0.2) is 4.39 Å². The van der Waals surface area contributed by atoms with Crippen LogP contribution in [-0.2, 0) is 4.79 Å². The first-order valence-electron chi connectivity index (χ1n) is 8.21. The van der Waals surface area contributed by atoms with Crippen LogP contribution >= 0.6 is 0 Å². The van der Waals surface area contributed by atoms with Crippen molar-refractivity contribution in [2.45, 2.75) is 38.1 Å². The maximum Gasteiger partial charge on any atom is 0.573 e. The smallest absolute Gasteiger partial charge is 0.481 e. The Hall–Kier alpha value is -2.82. The number of piperidine rings is 1. The third kappa shape index (κ3) is 6.41. The van der Waals surface area contributed by atoms with Gasteiger partial charge >= 0.3 is 6.36 Å². The van der Waals surface area contributed by atoms with E-state index >= 15 is 0 Å². The summed E-state index contributed by atoms with van der Waals surface area (Å²) in [5, 5.41) is 12.7. The van der Waals surface area contributed by atoms with Gasteiger partial charge in [-0.1, -0.05) is 6.07 Å². The molecule has 0 aliphatic carbocycles. The van der Waals surface area contributed by atoms with E-state index in [1.165, 1.54) is 12.1 Å². The molecule has 3 N–H and O–H groups in total. The van der Waals surface area contributed by atoms with Crippen LogP contribution in [0.3, 0.4) is 0 Å². The number of ether oxygens (including phenoxy) is 1. The Balaban J connectivity index is 0.000000640. The van der Waals surface area contributed by atoms with Crippen molar-refractivity contribution in [3.8, 4) is 5.75 Å². The van der Waals surface area contributed by atoms with Crippen molar-refractivity contribution in [1.82, 2.24) is 10.5 Å². The Labute approximate surface area is 156 Å². The van der Waals surface area contributed by atoms with Crippen molar-refractivity contribution in [2.24, 2.45) is 0 Å². The van der Waals surface area contributed by atoms with Gasteiger partial charge in [0.1, 0.15) is 17.3 Å². The van der Waals surface area contributed by atoms with Crippen molar-refractivity contribution < 1.29 is 36.7 Å². The van der Waals surface area contributed by atoms with Gasteiger partial charge < -0.3 is 19.7 Å². The SMILES string of the molecule is CC(=O)O.O=c1cc([C@H]2CCN[C@@H](c3ccc(OC(F)(F)F)cc3F)C2)o[nH]1. The van der Waals surface area contributed by atoms with E-state index in [2.05, 4.69) is 15.2 Å². The van der Waals surface area contributed by atoms with E-state index in [0.717, 1.165) is 13.0 Å². The number of aromatic nitrogens is 1. The van der Waals surface area contributed by atoms with Gasteiger partial charge in [-0.15, -0.1) is 13.2 Å². The van der Waals surface area contributed by atoms with E-state index in [0.29, 0.717) is 31.2 Å². The van der Waals surface area contributed by atoms with Crippen molar-refractivity contribution >= 4 is 5.97 Å². The summed E-state index contributed by atoms with van der Waals surface area (Å²) in [6, 6.07) is 4.01. The van der Waals surface area contributed by atoms with Gasteiger partial charge in [-0.05, 0) is 25.5 Å². The van der Waals surface area contributed by atoms with Crippen LogP contribution in [0, 0.1) is 5.82 Å². The highest BCUT2D eigenvalue weighted by Crippen LogP contribution is 2.35. The summed E-state index contributed by atoms with van der Waals surface area (Å²) in [5.74, 6) is -1.82. The lowest BCUT2D eigenvalue weighted by Crippen LogP contribution is -2.31. The van der Waals surface area contributed by atoms with E-state index in [9.17, 15) is 22.4 Å². The molecule has 1 saturated heterocycles. The standard InChI is InChI=1S/C15H14F4N2O3.C2H4O2/c16-11-6-9(23-15(17,18)19)1-2-10(11)12-5-8(3-4-20-12)13-7-14(22)21-24-13;1-2(3)4/h1-2,6-8,12,20H,3-5H2,(H,21,22);1H3,(H,3,4)/t8-,12+;/m0./s1. The second-order valence-corrected chi connectivity index (χ2v) is 6.09. The number of H-pyrrole nitrogens is 1. The number of carboxylic acids is 1. The van der Waals surface area contributed by atoms with Crippen LogP contribution < -0.4 is 15.6 Å². The van der Waals surface area contributed by atoms with Crippen LogP contribution in [0.5, 0.6) is 5.75 Å². The molecular formula is C17H18F4N2O5. The molecule has 2 heterocycles. The molecule has 1 aliphatic heterocycles. The summed E-state index contributed by atoms with van der Waals surface area (Å²) in [5.41, 5.74) is -0.105. The number of halogens is 4. The molecule has 1 aromatic carbocycles. The minimum Gasteiger partial charge on any atom is -0.481 e. The van der Waals surface area contributed by atoms with Gasteiger partial charge in [0, 0.05) is 36.6 Å². The second kappa shape index (κ2) is 8.91. The number of carboxylic acid groups (broad SMARTS) is 1. The number of hydrogen-bond acceptors (Lipinski definition) is 5. The fraction of sp³-hybridized carbons (Fsp3) is 0.412. The molecule has 3 rings (SSSR count). The summed E-state index contributed by atoms with van der Waals surface area (Å²) in [4.78, 5) is 20.2. The molecule has 2 atom stereocenters. The summed E-state index contributed by atoms with van der Waals surface area (Å²) in [7, 11) is 0. The predicted octanol–water partition coefficient (Wildman–Crippen LogP) is 3.30. The highest BCUT2D eigenvalue weighted by Gasteiger charge is 2.32. The monoisotopic (exact) mass is 406 g/mol. The normalized spacial score (nSPS) is 19.5. The number of hydrogen-bond donors (Lipinski definition) is 3. The number of benzene rings is 1. The van der Waals surface area contributed by atoms with Gasteiger partial charge in [0.05, 0.1) is 0 Å². The van der Waals surface area contributed by atoms with Crippen LogP contribution in [0.15, 0.2) is 33.6 Å². The molecular weight excluding hydrogens is 388 g/mol. The van der Waals surface area contributed by atoms with Crippen molar-refractivity contribution in [3.63, 3.8) is 0 Å².